The normalized spacial score (nSPS) is 15.4. The Morgan fingerprint density at radius 2 is 2.20 bits per heavy atom. The van der Waals surface area contributed by atoms with Gasteiger partial charge in [0.25, 0.3) is 0 Å². The second-order valence-corrected chi connectivity index (χ2v) is 7.06. The van der Waals surface area contributed by atoms with Crippen LogP contribution in [0.5, 0.6) is 0 Å². The maximum atomic E-state index is 14.3. The molecule has 0 saturated heterocycles. The summed E-state index contributed by atoms with van der Waals surface area (Å²) in [6.45, 7) is 2.41. The number of amides is 1. The van der Waals surface area contributed by atoms with Crippen LogP contribution in [0.2, 0.25) is 0 Å². The summed E-state index contributed by atoms with van der Waals surface area (Å²) in [6.07, 6.45) is 4.60. The van der Waals surface area contributed by atoms with E-state index in [-0.39, 0.29) is 17.1 Å². The van der Waals surface area contributed by atoms with Gasteiger partial charge in [-0.15, -0.1) is 0 Å². The number of aromatic nitrogens is 2. The highest BCUT2D eigenvalue weighted by molar-refractivity contribution is 5.85. The number of aryl methyl sites for hydroxylation is 2. The van der Waals surface area contributed by atoms with Crippen molar-refractivity contribution in [1.29, 1.82) is 0 Å². The van der Waals surface area contributed by atoms with Gasteiger partial charge in [0.15, 0.2) is 0 Å². The van der Waals surface area contributed by atoms with E-state index in [1.54, 1.807) is 6.07 Å². The molecule has 1 aliphatic rings. The van der Waals surface area contributed by atoms with Gasteiger partial charge in [-0.25, -0.2) is 4.39 Å². The first-order chi connectivity index (χ1) is 12.0. The summed E-state index contributed by atoms with van der Waals surface area (Å²) >= 11 is 0. The highest BCUT2D eigenvalue weighted by Gasteiger charge is 2.44. The van der Waals surface area contributed by atoms with E-state index in [1.165, 1.54) is 12.3 Å². The van der Waals surface area contributed by atoms with Crippen LogP contribution >= 0.6 is 0 Å². The zero-order valence-corrected chi connectivity index (χ0v) is 14.1. The van der Waals surface area contributed by atoms with E-state index >= 15 is 0 Å². The fraction of sp³-hybridized carbons (Fsp3) is 0.368. The van der Waals surface area contributed by atoms with Gasteiger partial charge in [0.2, 0.25) is 5.91 Å². The molecule has 5 nitrogen and oxygen atoms in total. The van der Waals surface area contributed by atoms with E-state index in [9.17, 15) is 9.18 Å². The van der Waals surface area contributed by atoms with Crippen LogP contribution in [0, 0.1) is 11.2 Å². The lowest BCUT2D eigenvalue weighted by Gasteiger charge is -2.08. The molecule has 0 radical (unpaired) electrons. The molecule has 0 bridgehead atoms. The summed E-state index contributed by atoms with van der Waals surface area (Å²) in [5, 5.41) is 7.61. The highest BCUT2D eigenvalue weighted by atomic mass is 19.1. The predicted molar refractivity (Wildman–Crippen MR) is 91.4 cm³/mol. The lowest BCUT2D eigenvalue weighted by atomic mass is 10.1. The summed E-state index contributed by atoms with van der Waals surface area (Å²) < 4.78 is 19.1. The fourth-order valence-electron chi connectivity index (χ4n) is 2.98. The molecule has 130 valence electrons. The van der Waals surface area contributed by atoms with Crippen LogP contribution in [0.4, 0.5) is 4.39 Å². The van der Waals surface area contributed by atoms with Gasteiger partial charge in [-0.3, -0.25) is 4.79 Å². The van der Waals surface area contributed by atoms with Gasteiger partial charge in [-0.1, -0.05) is 12.1 Å². The Hall–Kier alpha value is -2.63. The number of benzene rings is 1. The van der Waals surface area contributed by atoms with E-state index in [0.29, 0.717) is 24.9 Å². The van der Waals surface area contributed by atoms with Crippen molar-refractivity contribution in [2.24, 2.45) is 5.41 Å². The number of hydrogen-bond acceptors (Lipinski definition) is 3. The monoisotopic (exact) mass is 341 g/mol. The maximum Gasteiger partial charge on any atom is 0.226 e. The molecule has 0 aliphatic heterocycles. The Balaban J connectivity index is 1.47. The molecule has 2 heterocycles. The number of aromatic amines is 1. The number of hydrogen-bond donors (Lipinski definition) is 2. The van der Waals surface area contributed by atoms with E-state index in [0.717, 1.165) is 35.1 Å². The Morgan fingerprint density at radius 3 is 2.92 bits per heavy atom. The molecule has 25 heavy (non-hydrogen) atoms. The molecule has 0 atom stereocenters. The first-order valence-electron chi connectivity index (χ1n) is 8.51. The third-order valence-electron chi connectivity index (χ3n) is 4.97. The van der Waals surface area contributed by atoms with Gasteiger partial charge in [0.1, 0.15) is 12.1 Å². The van der Waals surface area contributed by atoms with Crippen LogP contribution < -0.4 is 5.32 Å². The van der Waals surface area contributed by atoms with E-state index in [1.807, 2.05) is 19.1 Å². The smallest absolute Gasteiger partial charge is 0.226 e. The van der Waals surface area contributed by atoms with Crippen LogP contribution in [0.1, 0.15) is 36.7 Å². The SMILES string of the molecule is CC1(C(=O)NCc2cc3cc(F)c(CCc4ccon4)cc3[nH]2)CC1. The highest BCUT2D eigenvalue weighted by Crippen LogP contribution is 2.45. The Labute approximate surface area is 144 Å². The predicted octanol–water partition coefficient (Wildman–Crippen LogP) is 3.50. The average molecular weight is 341 g/mol. The van der Waals surface area contributed by atoms with Crippen molar-refractivity contribution in [2.75, 3.05) is 0 Å². The van der Waals surface area contributed by atoms with Gasteiger partial charge >= 0.3 is 0 Å². The van der Waals surface area contributed by atoms with Crippen molar-refractivity contribution in [3.8, 4) is 0 Å². The topological polar surface area (TPSA) is 70.9 Å². The molecule has 1 aromatic carbocycles. The van der Waals surface area contributed by atoms with Gasteiger partial charge in [0.05, 0.1) is 12.2 Å². The number of nitrogens with one attached hydrogen (secondary N) is 2. The molecule has 6 heteroatoms. The number of nitrogens with zero attached hydrogens (tertiary/aromatic N) is 1. The lowest BCUT2D eigenvalue weighted by molar-refractivity contribution is -0.125. The standard InChI is InChI=1S/C19H20FN3O2/c1-19(5-6-19)18(24)21-11-15-8-13-9-16(20)12(10-17(13)22-15)2-3-14-4-7-25-23-14/h4,7-10,22H,2-3,5-6,11H2,1H3,(H,21,24). The van der Waals surface area contributed by atoms with Crippen molar-refractivity contribution >= 4 is 16.8 Å². The van der Waals surface area contributed by atoms with Crippen molar-refractivity contribution in [3.05, 3.63) is 53.3 Å². The van der Waals surface area contributed by atoms with Crippen LogP contribution in [-0.4, -0.2) is 16.0 Å². The van der Waals surface area contributed by atoms with Gasteiger partial charge in [-0.2, -0.15) is 0 Å². The summed E-state index contributed by atoms with van der Waals surface area (Å²) in [6, 6.07) is 7.04. The second-order valence-electron chi connectivity index (χ2n) is 7.06. The summed E-state index contributed by atoms with van der Waals surface area (Å²) in [7, 11) is 0. The second kappa shape index (κ2) is 6.02. The minimum atomic E-state index is -0.226. The minimum absolute atomic E-state index is 0.0886. The molecule has 4 rings (SSSR count). The number of halogens is 1. The molecule has 1 saturated carbocycles. The molecular weight excluding hydrogens is 321 g/mol. The fourth-order valence-corrected chi connectivity index (χ4v) is 2.98. The summed E-state index contributed by atoms with van der Waals surface area (Å²) in [5.41, 5.74) is 3.01. The zero-order valence-electron chi connectivity index (χ0n) is 14.1. The van der Waals surface area contributed by atoms with Crippen molar-refractivity contribution in [3.63, 3.8) is 0 Å². The third-order valence-corrected chi connectivity index (χ3v) is 4.97. The molecule has 1 aliphatic carbocycles. The van der Waals surface area contributed by atoms with Gasteiger partial charge in [0, 0.05) is 28.1 Å². The van der Waals surface area contributed by atoms with Gasteiger partial charge < -0.3 is 14.8 Å². The van der Waals surface area contributed by atoms with Crippen molar-refractivity contribution in [1.82, 2.24) is 15.5 Å². The Morgan fingerprint density at radius 1 is 1.36 bits per heavy atom. The number of rotatable bonds is 6. The van der Waals surface area contributed by atoms with E-state index < -0.39 is 0 Å². The summed E-state index contributed by atoms with van der Waals surface area (Å²) in [5.74, 6) is -0.137. The van der Waals surface area contributed by atoms with E-state index in [2.05, 4.69) is 15.5 Å². The van der Waals surface area contributed by atoms with Crippen molar-refractivity contribution in [2.45, 2.75) is 39.2 Å². The molecular formula is C19H20FN3O2. The molecule has 2 N–H and O–H groups in total. The van der Waals surface area contributed by atoms with Crippen LogP contribution in [0.15, 0.2) is 35.1 Å². The molecule has 0 spiro atoms. The molecule has 0 unspecified atom stereocenters. The number of fused-ring (bicyclic) bond motifs is 1. The molecule has 1 amide bonds. The minimum Gasteiger partial charge on any atom is -0.365 e. The number of H-pyrrole nitrogens is 1. The first kappa shape index (κ1) is 15.9. The van der Waals surface area contributed by atoms with Crippen LogP contribution in [-0.2, 0) is 24.2 Å². The van der Waals surface area contributed by atoms with Crippen LogP contribution in [0.3, 0.4) is 0 Å². The van der Waals surface area contributed by atoms with E-state index in [4.69, 9.17) is 4.52 Å². The molecule has 3 aromatic rings. The third kappa shape index (κ3) is 3.29. The van der Waals surface area contributed by atoms with Crippen LogP contribution in [0.25, 0.3) is 10.9 Å². The number of carbonyl (C=O) groups is 1. The summed E-state index contributed by atoms with van der Waals surface area (Å²) in [4.78, 5) is 15.3. The van der Waals surface area contributed by atoms with Gasteiger partial charge in [-0.05, 0) is 49.4 Å². The molecule has 1 fully saturated rings. The Bertz CT molecular complexity index is 910. The number of carbonyl (C=O) groups excluding carboxylic acids is 1. The lowest BCUT2D eigenvalue weighted by Crippen LogP contribution is -2.29. The maximum absolute atomic E-state index is 14.3. The quantitative estimate of drug-likeness (QED) is 0.721. The Kier molecular flexibility index (Phi) is 3.82. The van der Waals surface area contributed by atoms with Crippen molar-refractivity contribution < 1.29 is 13.7 Å². The zero-order chi connectivity index (χ0) is 17.4. The first-order valence-corrected chi connectivity index (χ1v) is 8.51. The molecule has 2 aromatic heterocycles. The average Bonchev–Trinajstić information content (AvgIpc) is 3.01. The largest absolute Gasteiger partial charge is 0.365 e.